The summed E-state index contributed by atoms with van der Waals surface area (Å²) in [5, 5.41) is 0. The zero-order chi connectivity index (χ0) is 18.9. The molecule has 144 valence electrons. The number of amides is 1. The fraction of sp³-hybridized carbons (Fsp3) is 0.562. The lowest BCUT2D eigenvalue weighted by Crippen LogP contribution is -2.52. The van der Waals surface area contributed by atoms with Gasteiger partial charge in [-0.25, -0.2) is 8.42 Å². The van der Waals surface area contributed by atoms with Gasteiger partial charge in [-0.2, -0.15) is 13.2 Å². The predicted octanol–water partition coefficient (Wildman–Crippen LogP) is 2.24. The quantitative estimate of drug-likeness (QED) is 0.718. The zero-order valence-corrected chi connectivity index (χ0v) is 15.5. The number of thioether (sulfide) groups is 1. The summed E-state index contributed by atoms with van der Waals surface area (Å²) in [6.07, 6.45) is 0.634. The molecule has 26 heavy (non-hydrogen) atoms. The van der Waals surface area contributed by atoms with Crippen molar-refractivity contribution in [3.63, 3.8) is 0 Å². The second-order valence-electron chi connectivity index (χ2n) is 6.46. The van der Waals surface area contributed by atoms with E-state index in [4.69, 9.17) is 0 Å². The van der Waals surface area contributed by atoms with Crippen LogP contribution in [-0.4, -0.2) is 73.4 Å². The van der Waals surface area contributed by atoms with Gasteiger partial charge in [0.2, 0.25) is 0 Å². The molecule has 0 aliphatic carbocycles. The van der Waals surface area contributed by atoms with E-state index in [0.717, 1.165) is 0 Å². The largest absolute Gasteiger partial charge is 0.446 e. The van der Waals surface area contributed by atoms with Crippen LogP contribution in [0.4, 0.5) is 13.2 Å². The van der Waals surface area contributed by atoms with Crippen molar-refractivity contribution in [2.75, 3.05) is 37.7 Å². The summed E-state index contributed by atoms with van der Waals surface area (Å²) in [7, 11) is -2.94. The number of carbonyl (C=O) groups is 1. The van der Waals surface area contributed by atoms with Crippen molar-refractivity contribution in [2.45, 2.75) is 22.9 Å². The number of alkyl halides is 3. The molecule has 2 aliphatic heterocycles. The maximum Gasteiger partial charge on any atom is 0.446 e. The lowest BCUT2D eigenvalue weighted by atomic mass is 10.1. The molecule has 2 saturated heterocycles. The second-order valence-corrected chi connectivity index (χ2v) is 9.82. The third-order valence-corrected chi connectivity index (χ3v) is 7.15. The molecule has 0 radical (unpaired) electrons. The molecule has 10 heteroatoms. The van der Waals surface area contributed by atoms with Crippen molar-refractivity contribution in [1.82, 2.24) is 9.80 Å². The van der Waals surface area contributed by atoms with E-state index in [0.29, 0.717) is 38.2 Å². The van der Waals surface area contributed by atoms with Crippen LogP contribution in [0.5, 0.6) is 0 Å². The number of hydrogen-bond donors (Lipinski definition) is 0. The maximum absolute atomic E-state index is 12.5. The summed E-state index contributed by atoms with van der Waals surface area (Å²) in [5.41, 5.74) is -4.00. The first kappa shape index (κ1) is 19.5. The Balaban J connectivity index is 1.55. The van der Waals surface area contributed by atoms with Gasteiger partial charge in [0.15, 0.2) is 9.84 Å². The maximum atomic E-state index is 12.5. The molecule has 0 saturated carbocycles. The number of rotatable bonds is 3. The van der Waals surface area contributed by atoms with Crippen molar-refractivity contribution in [3.05, 3.63) is 29.8 Å². The monoisotopic (exact) mass is 408 g/mol. The Morgan fingerprint density at radius 3 is 2.19 bits per heavy atom. The van der Waals surface area contributed by atoms with Crippen molar-refractivity contribution < 1.29 is 26.4 Å². The van der Waals surface area contributed by atoms with Gasteiger partial charge in [0.05, 0.1) is 11.5 Å². The standard InChI is InChI=1S/C16H19F3N2O3S2/c17-16(18,19)25-14-3-1-12(2-4-14)15(22)21-8-6-20(7-9-21)13-5-10-26(23,24)11-13/h1-4,13H,5-11H2/t13-/m1/s1. The van der Waals surface area contributed by atoms with Gasteiger partial charge < -0.3 is 4.90 Å². The van der Waals surface area contributed by atoms with Gasteiger partial charge in [-0.1, -0.05) is 0 Å². The van der Waals surface area contributed by atoms with Gasteiger partial charge in [-0.15, -0.1) is 0 Å². The predicted molar refractivity (Wildman–Crippen MR) is 92.9 cm³/mol. The minimum atomic E-state index is -4.35. The Morgan fingerprint density at radius 1 is 1.08 bits per heavy atom. The highest BCUT2D eigenvalue weighted by molar-refractivity contribution is 8.00. The highest BCUT2D eigenvalue weighted by atomic mass is 32.2. The molecule has 0 unspecified atom stereocenters. The van der Waals surface area contributed by atoms with Gasteiger partial charge in [0.25, 0.3) is 5.91 Å². The van der Waals surface area contributed by atoms with Crippen LogP contribution in [0.15, 0.2) is 29.2 Å². The zero-order valence-electron chi connectivity index (χ0n) is 13.9. The smallest absolute Gasteiger partial charge is 0.336 e. The van der Waals surface area contributed by atoms with Crippen LogP contribution in [0.2, 0.25) is 0 Å². The lowest BCUT2D eigenvalue weighted by Gasteiger charge is -2.37. The van der Waals surface area contributed by atoms with Gasteiger partial charge in [-0.05, 0) is 42.4 Å². The van der Waals surface area contributed by atoms with E-state index in [2.05, 4.69) is 4.90 Å². The fourth-order valence-corrected chi connectivity index (χ4v) is 5.64. The molecule has 2 fully saturated rings. The number of nitrogens with zero attached hydrogens (tertiary/aromatic N) is 2. The third-order valence-electron chi connectivity index (χ3n) is 4.66. The highest BCUT2D eigenvalue weighted by Crippen LogP contribution is 2.36. The number of carbonyl (C=O) groups excluding carboxylic acids is 1. The summed E-state index contributed by atoms with van der Waals surface area (Å²) >= 11 is -0.210. The molecule has 1 aromatic carbocycles. The molecule has 2 aliphatic rings. The fourth-order valence-electron chi connectivity index (χ4n) is 3.34. The van der Waals surface area contributed by atoms with E-state index in [-0.39, 0.29) is 40.1 Å². The number of halogens is 3. The third kappa shape index (κ3) is 4.92. The van der Waals surface area contributed by atoms with Crippen molar-refractivity contribution in [1.29, 1.82) is 0 Å². The summed E-state index contributed by atoms with van der Waals surface area (Å²) in [5.74, 6) is 0.186. The van der Waals surface area contributed by atoms with Crippen molar-refractivity contribution >= 4 is 27.5 Å². The van der Waals surface area contributed by atoms with E-state index in [1.807, 2.05) is 0 Å². The van der Waals surface area contributed by atoms with Crippen LogP contribution in [0.3, 0.4) is 0 Å². The van der Waals surface area contributed by atoms with E-state index in [1.54, 1.807) is 4.90 Å². The summed E-state index contributed by atoms with van der Waals surface area (Å²) < 4.78 is 60.2. The normalized spacial score (nSPS) is 24.0. The first-order valence-corrected chi connectivity index (χ1v) is 10.9. The van der Waals surface area contributed by atoms with Crippen LogP contribution in [0, 0.1) is 0 Å². The van der Waals surface area contributed by atoms with Crippen molar-refractivity contribution in [3.8, 4) is 0 Å². The number of piperazine rings is 1. The molecule has 3 rings (SSSR count). The van der Waals surface area contributed by atoms with Gasteiger partial charge >= 0.3 is 5.51 Å². The molecule has 1 aromatic rings. The Bertz CT molecular complexity index is 758. The van der Waals surface area contributed by atoms with Crippen LogP contribution >= 0.6 is 11.8 Å². The first-order valence-electron chi connectivity index (χ1n) is 8.22. The molecule has 0 N–H and O–H groups in total. The van der Waals surface area contributed by atoms with E-state index < -0.39 is 15.3 Å². The Hall–Kier alpha value is -1.26. The second kappa shape index (κ2) is 7.40. The van der Waals surface area contributed by atoms with Crippen LogP contribution in [0.25, 0.3) is 0 Å². The molecule has 0 aromatic heterocycles. The van der Waals surface area contributed by atoms with E-state index in [9.17, 15) is 26.4 Å². The molecule has 0 spiro atoms. The average molecular weight is 408 g/mol. The van der Waals surface area contributed by atoms with Crippen molar-refractivity contribution in [2.24, 2.45) is 0 Å². The molecule has 1 atom stereocenters. The molecule has 1 amide bonds. The molecule has 2 heterocycles. The summed E-state index contributed by atoms with van der Waals surface area (Å²) in [6.45, 7) is 2.17. The lowest BCUT2D eigenvalue weighted by molar-refractivity contribution is -0.0328. The average Bonchev–Trinajstić information content (AvgIpc) is 2.94. The number of hydrogen-bond acceptors (Lipinski definition) is 5. The Morgan fingerprint density at radius 2 is 1.69 bits per heavy atom. The summed E-state index contributed by atoms with van der Waals surface area (Å²) in [4.78, 5) is 16.3. The van der Waals surface area contributed by atoms with E-state index >= 15 is 0 Å². The van der Waals surface area contributed by atoms with Gasteiger partial charge in [0.1, 0.15) is 0 Å². The van der Waals surface area contributed by atoms with Crippen LogP contribution in [-0.2, 0) is 9.84 Å². The minimum absolute atomic E-state index is 0.0240. The first-order chi connectivity index (χ1) is 12.1. The molecular formula is C16H19F3N2O3S2. The minimum Gasteiger partial charge on any atom is -0.336 e. The summed E-state index contributed by atoms with van der Waals surface area (Å²) in [6, 6.07) is 5.44. The molecule has 0 bridgehead atoms. The Labute approximate surface area is 154 Å². The SMILES string of the molecule is O=C(c1ccc(SC(F)(F)F)cc1)N1CCN([C@@H]2CCS(=O)(=O)C2)CC1. The highest BCUT2D eigenvalue weighted by Gasteiger charge is 2.34. The topological polar surface area (TPSA) is 57.7 Å². The van der Waals surface area contributed by atoms with E-state index in [1.165, 1.54) is 24.3 Å². The van der Waals surface area contributed by atoms with Gasteiger partial charge in [-0.3, -0.25) is 9.69 Å². The van der Waals surface area contributed by atoms with Gasteiger partial charge in [0, 0.05) is 42.7 Å². The number of sulfone groups is 1. The Kier molecular flexibility index (Phi) is 5.55. The van der Waals surface area contributed by atoms with Crippen LogP contribution in [0.1, 0.15) is 16.8 Å². The molecular weight excluding hydrogens is 389 g/mol. The van der Waals surface area contributed by atoms with Crippen LogP contribution < -0.4 is 0 Å². The molecule has 5 nitrogen and oxygen atoms in total. The number of benzene rings is 1.